The van der Waals surface area contributed by atoms with Crippen LogP contribution in [0.2, 0.25) is 0 Å². The number of benzene rings is 1. The van der Waals surface area contributed by atoms with E-state index >= 15 is 0 Å². The van der Waals surface area contributed by atoms with Gasteiger partial charge in [-0.25, -0.2) is 0 Å². The minimum absolute atomic E-state index is 0.384. The minimum atomic E-state index is -0.925. The molecular formula is C27H32N2O3. The molecule has 0 atom stereocenters. The lowest BCUT2D eigenvalue weighted by Crippen LogP contribution is -2.24. The largest absolute Gasteiger partial charge is 0.487 e. The van der Waals surface area contributed by atoms with E-state index in [2.05, 4.69) is 4.40 Å². The number of Topliss-reactive ketones (excluding diaryl/α,β-unsaturated/α-hetero) is 1. The molecule has 5 heteroatoms. The molecule has 0 saturated heterocycles. The van der Waals surface area contributed by atoms with Crippen LogP contribution >= 0.6 is 0 Å². The summed E-state index contributed by atoms with van der Waals surface area (Å²) in [6.45, 7) is 2.42. The van der Waals surface area contributed by atoms with Crippen LogP contribution in [0.15, 0.2) is 48.7 Å². The number of hydrogen-bond donors (Lipinski definition) is 1. The SMILES string of the molecule is CCc1c(C(=O)C(N)=O)c2c(OCc3ccccc3)cccn2c1CC1CCCCCC1. The number of primary amides is 1. The van der Waals surface area contributed by atoms with Crippen molar-refractivity contribution in [2.75, 3.05) is 0 Å². The molecule has 1 aromatic carbocycles. The van der Waals surface area contributed by atoms with E-state index in [9.17, 15) is 9.59 Å². The van der Waals surface area contributed by atoms with Gasteiger partial charge in [0.25, 0.3) is 11.7 Å². The topological polar surface area (TPSA) is 73.8 Å². The van der Waals surface area contributed by atoms with Gasteiger partial charge in [0.1, 0.15) is 12.4 Å². The molecule has 1 aliphatic carbocycles. The summed E-state index contributed by atoms with van der Waals surface area (Å²) in [4.78, 5) is 25.0. The Kier molecular flexibility index (Phi) is 6.93. The number of carbonyl (C=O) groups excluding carboxylic acids is 2. The maximum absolute atomic E-state index is 13.0. The van der Waals surface area contributed by atoms with Crippen molar-refractivity contribution in [2.45, 2.75) is 64.9 Å². The van der Waals surface area contributed by atoms with E-state index in [0.717, 1.165) is 23.2 Å². The number of amides is 1. The Balaban J connectivity index is 1.80. The van der Waals surface area contributed by atoms with Crippen molar-refractivity contribution in [1.82, 2.24) is 4.40 Å². The van der Waals surface area contributed by atoms with E-state index in [4.69, 9.17) is 10.5 Å². The van der Waals surface area contributed by atoms with Crippen LogP contribution in [-0.4, -0.2) is 16.1 Å². The molecule has 5 nitrogen and oxygen atoms in total. The predicted octanol–water partition coefficient (Wildman–Crippen LogP) is 5.26. The number of ketones is 1. The number of carbonyl (C=O) groups is 2. The molecule has 0 spiro atoms. The third-order valence-corrected chi connectivity index (χ3v) is 6.63. The number of aromatic nitrogens is 1. The summed E-state index contributed by atoms with van der Waals surface area (Å²) in [5.41, 5.74) is 9.62. The van der Waals surface area contributed by atoms with Crippen LogP contribution in [0, 0.1) is 5.92 Å². The molecule has 32 heavy (non-hydrogen) atoms. The summed E-state index contributed by atoms with van der Waals surface area (Å²) >= 11 is 0. The zero-order valence-electron chi connectivity index (χ0n) is 18.8. The van der Waals surface area contributed by atoms with Crippen molar-refractivity contribution >= 4 is 17.2 Å². The summed E-state index contributed by atoms with van der Waals surface area (Å²) in [7, 11) is 0. The quantitative estimate of drug-likeness (QED) is 0.300. The van der Waals surface area contributed by atoms with E-state index in [-0.39, 0.29) is 0 Å². The van der Waals surface area contributed by atoms with Crippen molar-refractivity contribution < 1.29 is 14.3 Å². The van der Waals surface area contributed by atoms with Crippen LogP contribution < -0.4 is 10.5 Å². The van der Waals surface area contributed by atoms with Crippen LogP contribution in [0.3, 0.4) is 0 Å². The van der Waals surface area contributed by atoms with Crippen molar-refractivity contribution in [3.05, 3.63) is 71.0 Å². The molecule has 0 radical (unpaired) electrons. The first-order valence-corrected chi connectivity index (χ1v) is 11.8. The molecule has 0 bridgehead atoms. The Hall–Kier alpha value is -3.08. The summed E-state index contributed by atoms with van der Waals surface area (Å²) in [6, 6.07) is 13.7. The van der Waals surface area contributed by atoms with Gasteiger partial charge in [0.05, 0.1) is 11.1 Å². The van der Waals surface area contributed by atoms with Gasteiger partial charge in [-0.2, -0.15) is 0 Å². The van der Waals surface area contributed by atoms with Gasteiger partial charge in [0, 0.05) is 11.9 Å². The van der Waals surface area contributed by atoms with E-state index in [1.54, 1.807) is 0 Å². The van der Waals surface area contributed by atoms with Crippen LogP contribution in [-0.2, 0) is 24.2 Å². The lowest BCUT2D eigenvalue weighted by molar-refractivity contribution is -0.114. The summed E-state index contributed by atoms with van der Waals surface area (Å²) in [5.74, 6) is -0.373. The van der Waals surface area contributed by atoms with E-state index in [0.29, 0.717) is 35.8 Å². The average molecular weight is 433 g/mol. The fraction of sp³-hybridized carbons (Fsp3) is 0.407. The maximum atomic E-state index is 13.0. The summed E-state index contributed by atoms with van der Waals surface area (Å²) in [6.07, 6.45) is 11.1. The maximum Gasteiger partial charge on any atom is 0.289 e. The minimum Gasteiger partial charge on any atom is -0.487 e. The summed E-state index contributed by atoms with van der Waals surface area (Å²) in [5, 5.41) is 0. The predicted molar refractivity (Wildman–Crippen MR) is 126 cm³/mol. The van der Waals surface area contributed by atoms with Gasteiger partial charge >= 0.3 is 0 Å². The number of nitrogens with zero attached hydrogens (tertiary/aromatic N) is 1. The van der Waals surface area contributed by atoms with Gasteiger partial charge in [-0.1, -0.05) is 75.8 Å². The molecule has 1 aliphatic rings. The fourth-order valence-electron chi connectivity index (χ4n) is 5.05. The second-order valence-electron chi connectivity index (χ2n) is 8.77. The van der Waals surface area contributed by atoms with Crippen LogP contribution in [0.4, 0.5) is 0 Å². The Morgan fingerprint density at radius 3 is 2.41 bits per heavy atom. The van der Waals surface area contributed by atoms with Crippen LogP contribution in [0.25, 0.3) is 5.52 Å². The Labute approximate surface area is 189 Å². The molecule has 168 valence electrons. The molecule has 2 N–H and O–H groups in total. The Morgan fingerprint density at radius 1 is 1.03 bits per heavy atom. The highest BCUT2D eigenvalue weighted by atomic mass is 16.5. The highest BCUT2D eigenvalue weighted by Crippen LogP contribution is 2.35. The van der Waals surface area contributed by atoms with Gasteiger partial charge in [0.2, 0.25) is 0 Å². The standard InChI is InChI=1S/C27H32N2O3/c1-2-21-22(17-19-11-6-3-4-7-12-19)29-16-10-15-23(25(29)24(21)26(30)27(28)31)32-18-20-13-8-5-9-14-20/h5,8-10,13-16,19H,2-4,6-7,11-12,17-18H2,1H3,(H2,28,31). The van der Waals surface area contributed by atoms with E-state index in [1.807, 2.05) is 55.6 Å². The zero-order chi connectivity index (χ0) is 22.5. The zero-order valence-corrected chi connectivity index (χ0v) is 18.8. The number of nitrogens with two attached hydrogens (primary N) is 1. The fourth-order valence-corrected chi connectivity index (χ4v) is 5.05. The third kappa shape index (κ3) is 4.57. The van der Waals surface area contributed by atoms with E-state index < -0.39 is 11.7 Å². The van der Waals surface area contributed by atoms with Gasteiger partial charge < -0.3 is 14.9 Å². The van der Waals surface area contributed by atoms with Gasteiger partial charge in [-0.05, 0) is 42.0 Å². The molecular weight excluding hydrogens is 400 g/mol. The monoisotopic (exact) mass is 432 g/mol. The molecule has 4 rings (SSSR count). The first-order valence-electron chi connectivity index (χ1n) is 11.8. The smallest absolute Gasteiger partial charge is 0.289 e. The first kappa shape index (κ1) is 22.1. The normalized spacial score (nSPS) is 14.9. The summed E-state index contributed by atoms with van der Waals surface area (Å²) < 4.78 is 8.24. The highest BCUT2D eigenvalue weighted by molar-refractivity contribution is 6.44. The van der Waals surface area contributed by atoms with Crippen molar-refractivity contribution in [1.29, 1.82) is 0 Å². The van der Waals surface area contributed by atoms with Crippen molar-refractivity contribution in [3.8, 4) is 5.75 Å². The van der Waals surface area contributed by atoms with Gasteiger partial charge in [-0.15, -0.1) is 0 Å². The molecule has 1 saturated carbocycles. The Morgan fingerprint density at radius 2 is 1.75 bits per heavy atom. The number of ether oxygens (including phenoxy) is 1. The van der Waals surface area contributed by atoms with Crippen molar-refractivity contribution in [2.24, 2.45) is 11.7 Å². The van der Waals surface area contributed by atoms with E-state index in [1.165, 1.54) is 38.5 Å². The van der Waals surface area contributed by atoms with Gasteiger partial charge in [0.15, 0.2) is 0 Å². The molecule has 2 aromatic heterocycles. The number of hydrogen-bond acceptors (Lipinski definition) is 3. The second kappa shape index (κ2) is 10.0. The molecule has 1 fully saturated rings. The number of pyridine rings is 1. The molecule has 3 aromatic rings. The highest BCUT2D eigenvalue weighted by Gasteiger charge is 2.28. The molecule has 0 aliphatic heterocycles. The Bertz CT molecular complexity index is 1090. The number of rotatable bonds is 8. The first-order chi connectivity index (χ1) is 15.6. The molecule has 1 amide bonds. The lowest BCUT2D eigenvalue weighted by Gasteiger charge is -2.16. The molecule has 2 heterocycles. The van der Waals surface area contributed by atoms with Crippen LogP contribution in [0.5, 0.6) is 5.75 Å². The average Bonchev–Trinajstić information content (AvgIpc) is 2.94. The lowest BCUT2D eigenvalue weighted by atomic mass is 9.92. The van der Waals surface area contributed by atoms with Crippen molar-refractivity contribution in [3.63, 3.8) is 0 Å². The van der Waals surface area contributed by atoms with Crippen LogP contribution in [0.1, 0.15) is 72.6 Å². The third-order valence-electron chi connectivity index (χ3n) is 6.63. The number of fused-ring (bicyclic) bond motifs is 1. The van der Waals surface area contributed by atoms with Gasteiger partial charge in [-0.3, -0.25) is 9.59 Å². The molecule has 0 unspecified atom stereocenters. The second-order valence-corrected chi connectivity index (χ2v) is 8.77.